The van der Waals surface area contributed by atoms with E-state index in [2.05, 4.69) is 20.0 Å². The lowest BCUT2D eigenvalue weighted by atomic mass is 10.2. The molecule has 0 saturated carbocycles. The Hall–Kier alpha value is -1.79. The molecule has 0 spiro atoms. The highest BCUT2D eigenvalue weighted by molar-refractivity contribution is 5.55. The Morgan fingerprint density at radius 3 is 2.71 bits per heavy atom. The van der Waals surface area contributed by atoms with E-state index in [1.807, 2.05) is 26.0 Å². The van der Waals surface area contributed by atoms with Crippen LogP contribution in [0.25, 0.3) is 11.5 Å². The van der Waals surface area contributed by atoms with E-state index in [0.717, 1.165) is 36.6 Å². The highest BCUT2D eigenvalue weighted by atomic mass is 16.5. The Morgan fingerprint density at radius 1 is 1.24 bits per heavy atom. The third-order valence-corrected chi connectivity index (χ3v) is 3.88. The minimum absolute atomic E-state index is 0.209. The van der Waals surface area contributed by atoms with Crippen LogP contribution in [0.4, 0.5) is 0 Å². The molecule has 0 aliphatic carbocycles. The number of aryl methyl sites for hydroxylation is 2. The van der Waals surface area contributed by atoms with Crippen LogP contribution < -0.4 is 5.73 Å². The fraction of sp³-hybridized carbons (Fsp3) is 0.533. The minimum Gasteiger partial charge on any atom is -0.334 e. The first kappa shape index (κ1) is 14.2. The van der Waals surface area contributed by atoms with Crippen LogP contribution >= 0.6 is 0 Å². The first-order valence-electron chi connectivity index (χ1n) is 7.39. The van der Waals surface area contributed by atoms with E-state index in [0.29, 0.717) is 11.7 Å². The molecule has 2 N–H and O–H groups in total. The van der Waals surface area contributed by atoms with Crippen LogP contribution in [0.3, 0.4) is 0 Å². The van der Waals surface area contributed by atoms with Crippen molar-refractivity contribution < 1.29 is 4.52 Å². The van der Waals surface area contributed by atoms with Gasteiger partial charge in [-0.1, -0.05) is 5.16 Å². The summed E-state index contributed by atoms with van der Waals surface area (Å²) in [6.07, 6.45) is 2.50. The molecule has 3 rings (SSSR count). The second-order valence-electron chi connectivity index (χ2n) is 5.66. The van der Waals surface area contributed by atoms with Gasteiger partial charge in [0.25, 0.3) is 5.89 Å². The molecule has 112 valence electrons. The first-order valence-corrected chi connectivity index (χ1v) is 7.39. The Balaban J connectivity index is 1.76. The number of likely N-dealkylation sites (tertiary alicyclic amines) is 1. The maximum Gasteiger partial charge on any atom is 0.259 e. The van der Waals surface area contributed by atoms with Crippen LogP contribution in [0.2, 0.25) is 0 Å². The molecule has 1 fully saturated rings. The number of hydrogen-bond donors (Lipinski definition) is 1. The van der Waals surface area contributed by atoms with Gasteiger partial charge < -0.3 is 15.2 Å². The fourth-order valence-corrected chi connectivity index (χ4v) is 2.73. The predicted octanol–water partition coefficient (Wildman–Crippen LogP) is 1.84. The second kappa shape index (κ2) is 5.91. The summed E-state index contributed by atoms with van der Waals surface area (Å²) in [7, 11) is 0. The van der Waals surface area contributed by atoms with Gasteiger partial charge in [-0.15, -0.1) is 0 Å². The summed E-state index contributed by atoms with van der Waals surface area (Å²) in [5.41, 5.74) is 8.92. The highest BCUT2D eigenvalue weighted by Crippen LogP contribution is 2.22. The molecule has 0 aromatic carbocycles. The Labute approximate surface area is 124 Å². The van der Waals surface area contributed by atoms with Crippen LogP contribution in [-0.4, -0.2) is 39.7 Å². The van der Waals surface area contributed by atoms with Crippen molar-refractivity contribution in [3.8, 4) is 11.5 Å². The van der Waals surface area contributed by atoms with Crippen molar-refractivity contribution >= 4 is 0 Å². The summed E-state index contributed by atoms with van der Waals surface area (Å²) in [4.78, 5) is 11.2. The van der Waals surface area contributed by atoms with E-state index < -0.39 is 0 Å². The molecule has 0 bridgehead atoms. The van der Waals surface area contributed by atoms with E-state index >= 15 is 0 Å². The van der Waals surface area contributed by atoms with Crippen LogP contribution in [0, 0.1) is 13.8 Å². The maximum atomic E-state index is 6.19. The zero-order valence-corrected chi connectivity index (χ0v) is 12.5. The van der Waals surface area contributed by atoms with Crippen molar-refractivity contribution in [1.29, 1.82) is 0 Å². The number of aromatic nitrogens is 3. The van der Waals surface area contributed by atoms with Gasteiger partial charge in [0.2, 0.25) is 0 Å². The van der Waals surface area contributed by atoms with Crippen molar-refractivity contribution in [2.24, 2.45) is 5.73 Å². The highest BCUT2D eigenvalue weighted by Gasteiger charge is 2.21. The predicted molar refractivity (Wildman–Crippen MR) is 79.6 cm³/mol. The number of hydrogen-bond acceptors (Lipinski definition) is 6. The third kappa shape index (κ3) is 3.11. The lowest BCUT2D eigenvalue weighted by Crippen LogP contribution is -2.30. The Morgan fingerprint density at radius 2 is 2.00 bits per heavy atom. The first-order chi connectivity index (χ1) is 10.1. The van der Waals surface area contributed by atoms with Gasteiger partial charge in [0.15, 0.2) is 5.82 Å². The second-order valence-corrected chi connectivity index (χ2v) is 5.66. The molecule has 1 saturated heterocycles. The molecule has 21 heavy (non-hydrogen) atoms. The van der Waals surface area contributed by atoms with E-state index in [1.54, 1.807) is 0 Å². The van der Waals surface area contributed by atoms with Crippen LogP contribution in [-0.2, 0) is 0 Å². The van der Waals surface area contributed by atoms with E-state index in [4.69, 9.17) is 10.3 Å². The largest absolute Gasteiger partial charge is 0.334 e. The van der Waals surface area contributed by atoms with E-state index in [1.165, 1.54) is 12.8 Å². The molecule has 1 aliphatic rings. The molecule has 1 atom stereocenters. The summed E-state index contributed by atoms with van der Waals surface area (Å²) in [6, 6.07) is 3.69. The Kier molecular flexibility index (Phi) is 3.98. The quantitative estimate of drug-likeness (QED) is 0.924. The standard InChI is InChI=1S/C15H21N5O/c1-10-5-6-12(11(2)17-10)15-18-14(19-21-15)13(16)9-20-7-3-4-8-20/h5-6,13H,3-4,7-9,16H2,1-2H3. The monoisotopic (exact) mass is 287 g/mol. The number of nitrogens with zero attached hydrogens (tertiary/aromatic N) is 4. The average molecular weight is 287 g/mol. The normalized spacial score (nSPS) is 17.3. The smallest absolute Gasteiger partial charge is 0.259 e. The molecule has 1 unspecified atom stereocenters. The number of nitrogens with two attached hydrogens (primary N) is 1. The zero-order valence-electron chi connectivity index (χ0n) is 12.5. The van der Waals surface area contributed by atoms with Crippen LogP contribution in [0.5, 0.6) is 0 Å². The zero-order chi connectivity index (χ0) is 14.8. The lowest BCUT2D eigenvalue weighted by Gasteiger charge is -2.17. The molecular weight excluding hydrogens is 266 g/mol. The summed E-state index contributed by atoms with van der Waals surface area (Å²) in [5.74, 6) is 1.06. The van der Waals surface area contributed by atoms with E-state index in [9.17, 15) is 0 Å². The van der Waals surface area contributed by atoms with Crippen molar-refractivity contribution in [1.82, 2.24) is 20.0 Å². The summed E-state index contributed by atoms with van der Waals surface area (Å²) in [6.45, 7) is 6.90. The van der Waals surface area contributed by atoms with Gasteiger partial charge in [0.1, 0.15) is 0 Å². The average Bonchev–Trinajstić information content (AvgIpc) is 3.09. The molecule has 0 radical (unpaired) electrons. The SMILES string of the molecule is Cc1ccc(-c2nc(C(N)CN3CCCC3)no2)c(C)n1. The topological polar surface area (TPSA) is 81.1 Å². The Bertz CT molecular complexity index is 618. The van der Waals surface area contributed by atoms with Crippen LogP contribution in [0.1, 0.15) is 36.1 Å². The molecule has 6 nitrogen and oxygen atoms in total. The van der Waals surface area contributed by atoms with Gasteiger partial charge in [-0.2, -0.15) is 4.98 Å². The molecule has 6 heteroatoms. The van der Waals surface area contributed by atoms with Gasteiger partial charge in [0, 0.05) is 12.2 Å². The lowest BCUT2D eigenvalue weighted by molar-refractivity contribution is 0.306. The van der Waals surface area contributed by atoms with Gasteiger partial charge >= 0.3 is 0 Å². The molecule has 2 aromatic rings. The van der Waals surface area contributed by atoms with Gasteiger partial charge in [-0.3, -0.25) is 4.98 Å². The molecule has 3 heterocycles. The van der Waals surface area contributed by atoms with Crippen molar-refractivity contribution in [3.05, 3.63) is 29.3 Å². The maximum absolute atomic E-state index is 6.19. The summed E-state index contributed by atoms with van der Waals surface area (Å²) < 4.78 is 5.36. The summed E-state index contributed by atoms with van der Waals surface area (Å²) >= 11 is 0. The fourth-order valence-electron chi connectivity index (χ4n) is 2.73. The van der Waals surface area contributed by atoms with Gasteiger partial charge in [-0.25, -0.2) is 0 Å². The minimum atomic E-state index is -0.209. The van der Waals surface area contributed by atoms with Crippen molar-refractivity contribution in [3.63, 3.8) is 0 Å². The van der Waals surface area contributed by atoms with Crippen molar-refractivity contribution in [2.75, 3.05) is 19.6 Å². The molecule has 1 aliphatic heterocycles. The van der Waals surface area contributed by atoms with Gasteiger partial charge in [0.05, 0.1) is 17.3 Å². The van der Waals surface area contributed by atoms with Crippen molar-refractivity contribution in [2.45, 2.75) is 32.7 Å². The van der Waals surface area contributed by atoms with E-state index in [-0.39, 0.29) is 6.04 Å². The number of pyridine rings is 1. The number of rotatable bonds is 4. The van der Waals surface area contributed by atoms with Gasteiger partial charge in [-0.05, 0) is 51.9 Å². The summed E-state index contributed by atoms with van der Waals surface area (Å²) in [5, 5.41) is 4.03. The molecule has 0 amide bonds. The third-order valence-electron chi connectivity index (χ3n) is 3.88. The molecular formula is C15H21N5O. The van der Waals surface area contributed by atoms with Crippen LogP contribution in [0.15, 0.2) is 16.7 Å². The molecule has 2 aromatic heterocycles.